The van der Waals surface area contributed by atoms with Gasteiger partial charge in [-0.3, -0.25) is 4.90 Å². The predicted octanol–water partition coefficient (Wildman–Crippen LogP) is 2.88. The van der Waals surface area contributed by atoms with Crippen molar-refractivity contribution in [1.29, 1.82) is 0 Å². The number of rotatable bonds is 3. The van der Waals surface area contributed by atoms with Crippen LogP contribution in [0.2, 0.25) is 0 Å². The molecule has 2 amide bonds. The number of nitrogens with zero attached hydrogens (tertiary/aromatic N) is 3. The largest absolute Gasteiger partial charge is 0.371 e. The van der Waals surface area contributed by atoms with Gasteiger partial charge < -0.3 is 15.1 Å². The number of hydrogen-bond donors (Lipinski definition) is 1. The first kappa shape index (κ1) is 18.9. The van der Waals surface area contributed by atoms with E-state index in [1.165, 1.54) is 30.3 Å². The van der Waals surface area contributed by atoms with Gasteiger partial charge in [0.05, 0.1) is 0 Å². The second kappa shape index (κ2) is 9.20. The van der Waals surface area contributed by atoms with E-state index < -0.39 is 0 Å². The molecule has 0 aromatic heterocycles. The minimum Gasteiger partial charge on any atom is -0.371 e. The Morgan fingerprint density at radius 1 is 0.889 bits per heavy atom. The molecule has 4 rings (SSSR count). The highest BCUT2D eigenvalue weighted by Gasteiger charge is 2.29. The molecule has 6 heteroatoms. The summed E-state index contributed by atoms with van der Waals surface area (Å²) in [5.41, 5.74) is 1.29. The zero-order valence-corrected chi connectivity index (χ0v) is 17.0. The smallest absolute Gasteiger partial charge is 0.317 e. The summed E-state index contributed by atoms with van der Waals surface area (Å²) in [5, 5.41) is 3.30. The van der Waals surface area contributed by atoms with E-state index in [4.69, 9.17) is 0 Å². The molecule has 1 aromatic carbocycles. The highest BCUT2D eigenvalue weighted by atomic mass is 32.2. The number of anilines is 1. The van der Waals surface area contributed by atoms with E-state index in [1.807, 2.05) is 4.90 Å². The van der Waals surface area contributed by atoms with Crippen LogP contribution in [-0.4, -0.2) is 78.7 Å². The van der Waals surface area contributed by atoms with Crippen LogP contribution in [0.15, 0.2) is 30.3 Å². The lowest BCUT2D eigenvalue weighted by molar-refractivity contribution is 0.122. The minimum atomic E-state index is 0.154. The maximum Gasteiger partial charge on any atom is 0.317 e. The standard InChI is InChI=1S/C21H32N4OS/c26-21(25-12-8-20(9-13-25)24-14-16-27-17-15-24)22-18-6-10-23(11-7-18)19-4-2-1-3-5-19/h1-5,18,20H,6-17H2,(H,22,26). The van der Waals surface area contributed by atoms with Gasteiger partial charge in [0.15, 0.2) is 0 Å². The molecule has 0 radical (unpaired) electrons. The Morgan fingerprint density at radius 2 is 1.56 bits per heavy atom. The van der Waals surface area contributed by atoms with Crippen molar-refractivity contribution in [2.24, 2.45) is 0 Å². The molecule has 148 valence electrons. The molecular formula is C21H32N4OS. The van der Waals surface area contributed by atoms with E-state index >= 15 is 0 Å². The van der Waals surface area contributed by atoms with Gasteiger partial charge in [-0.25, -0.2) is 4.79 Å². The number of para-hydroxylation sites is 1. The van der Waals surface area contributed by atoms with Crippen molar-refractivity contribution >= 4 is 23.5 Å². The quantitative estimate of drug-likeness (QED) is 0.864. The molecule has 1 aromatic rings. The number of hydrogen-bond acceptors (Lipinski definition) is 4. The second-order valence-corrected chi connectivity index (χ2v) is 9.14. The van der Waals surface area contributed by atoms with Gasteiger partial charge in [-0.15, -0.1) is 0 Å². The first-order chi connectivity index (χ1) is 13.3. The van der Waals surface area contributed by atoms with Gasteiger partial charge in [0.2, 0.25) is 0 Å². The SMILES string of the molecule is O=C(NC1CCN(c2ccccc2)CC1)N1CCC(N2CCSCC2)CC1. The number of urea groups is 1. The van der Waals surface area contributed by atoms with Gasteiger partial charge in [0.1, 0.15) is 0 Å². The van der Waals surface area contributed by atoms with Gasteiger partial charge in [0, 0.05) is 68.5 Å². The Balaban J connectivity index is 1.19. The number of nitrogens with one attached hydrogen (secondary N) is 1. The zero-order chi connectivity index (χ0) is 18.5. The Bertz CT molecular complexity index is 591. The molecule has 1 N–H and O–H groups in total. The van der Waals surface area contributed by atoms with Crippen molar-refractivity contribution in [3.63, 3.8) is 0 Å². The normalized spacial score (nSPS) is 23.4. The molecule has 0 saturated carbocycles. The molecular weight excluding hydrogens is 356 g/mol. The number of piperidine rings is 2. The third-order valence-electron chi connectivity index (χ3n) is 6.26. The fourth-order valence-electron chi connectivity index (χ4n) is 4.56. The molecule has 0 bridgehead atoms. The summed E-state index contributed by atoms with van der Waals surface area (Å²) in [6.45, 7) is 6.29. The molecule has 0 aliphatic carbocycles. The van der Waals surface area contributed by atoms with Crippen LogP contribution in [0, 0.1) is 0 Å². The highest BCUT2D eigenvalue weighted by Crippen LogP contribution is 2.22. The van der Waals surface area contributed by atoms with Gasteiger partial charge in [-0.1, -0.05) is 18.2 Å². The van der Waals surface area contributed by atoms with Crippen molar-refractivity contribution in [3.8, 4) is 0 Å². The number of amides is 2. The average Bonchev–Trinajstić information content (AvgIpc) is 2.76. The van der Waals surface area contributed by atoms with Gasteiger partial charge in [-0.05, 0) is 37.8 Å². The highest BCUT2D eigenvalue weighted by molar-refractivity contribution is 7.99. The first-order valence-corrected chi connectivity index (χ1v) is 11.6. The number of benzene rings is 1. The van der Waals surface area contributed by atoms with Crippen molar-refractivity contribution in [3.05, 3.63) is 30.3 Å². The summed E-state index contributed by atoms with van der Waals surface area (Å²) in [7, 11) is 0. The molecule has 3 aliphatic heterocycles. The van der Waals surface area contributed by atoms with Crippen LogP contribution in [-0.2, 0) is 0 Å². The maximum absolute atomic E-state index is 12.7. The van der Waals surface area contributed by atoms with Crippen molar-refractivity contribution in [2.75, 3.05) is 55.7 Å². The topological polar surface area (TPSA) is 38.8 Å². The Hall–Kier alpha value is -1.40. The van der Waals surface area contributed by atoms with Crippen molar-refractivity contribution in [1.82, 2.24) is 15.1 Å². The lowest BCUT2D eigenvalue weighted by atomic mass is 10.0. The van der Waals surface area contributed by atoms with E-state index in [0.717, 1.165) is 51.9 Å². The minimum absolute atomic E-state index is 0.154. The van der Waals surface area contributed by atoms with Gasteiger partial charge in [-0.2, -0.15) is 11.8 Å². The third kappa shape index (κ3) is 4.91. The number of thioether (sulfide) groups is 1. The molecule has 0 atom stereocenters. The number of likely N-dealkylation sites (tertiary alicyclic amines) is 1. The van der Waals surface area contributed by atoms with E-state index in [9.17, 15) is 4.79 Å². The maximum atomic E-state index is 12.7. The Morgan fingerprint density at radius 3 is 2.22 bits per heavy atom. The molecule has 3 aliphatic rings. The Kier molecular flexibility index (Phi) is 6.45. The van der Waals surface area contributed by atoms with E-state index in [0.29, 0.717) is 12.1 Å². The summed E-state index contributed by atoms with van der Waals surface area (Å²) in [5.74, 6) is 2.53. The van der Waals surface area contributed by atoms with Crippen LogP contribution in [0.25, 0.3) is 0 Å². The molecule has 3 saturated heterocycles. The lowest BCUT2D eigenvalue weighted by Crippen LogP contribution is -2.53. The number of carbonyl (C=O) groups is 1. The van der Waals surface area contributed by atoms with Gasteiger partial charge in [0.25, 0.3) is 0 Å². The lowest BCUT2D eigenvalue weighted by Gasteiger charge is -2.40. The zero-order valence-electron chi connectivity index (χ0n) is 16.2. The van der Waals surface area contributed by atoms with Crippen LogP contribution < -0.4 is 10.2 Å². The summed E-state index contributed by atoms with van der Waals surface area (Å²) < 4.78 is 0. The van der Waals surface area contributed by atoms with Crippen LogP contribution >= 0.6 is 11.8 Å². The van der Waals surface area contributed by atoms with Crippen LogP contribution in [0.4, 0.5) is 10.5 Å². The van der Waals surface area contributed by atoms with Crippen LogP contribution in [0.5, 0.6) is 0 Å². The Labute approximate surface area is 167 Å². The fraction of sp³-hybridized carbons (Fsp3) is 0.667. The average molecular weight is 389 g/mol. The molecule has 0 unspecified atom stereocenters. The van der Waals surface area contributed by atoms with Gasteiger partial charge >= 0.3 is 6.03 Å². The monoisotopic (exact) mass is 388 g/mol. The summed E-state index contributed by atoms with van der Waals surface area (Å²) in [6.07, 6.45) is 4.32. The van der Waals surface area contributed by atoms with E-state index in [1.54, 1.807) is 0 Å². The van der Waals surface area contributed by atoms with Crippen LogP contribution in [0.3, 0.4) is 0 Å². The molecule has 3 heterocycles. The molecule has 27 heavy (non-hydrogen) atoms. The number of carbonyl (C=O) groups excluding carboxylic acids is 1. The second-order valence-electron chi connectivity index (χ2n) is 7.91. The van der Waals surface area contributed by atoms with Crippen LogP contribution in [0.1, 0.15) is 25.7 Å². The van der Waals surface area contributed by atoms with E-state index in [2.05, 4.69) is 57.2 Å². The molecule has 3 fully saturated rings. The molecule has 5 nitrogen and oxygen atoms in total. The molecule has 0 spiro atoms. The summed E-state index contributed by atoms with van der Waals surface area (Å²) in [4.78, 5) is 19.8. The first-order valence-electron chi connectivity index (χ1n) is 10.5. The third-order valence-corrected chi connectivity index (χ3v) is 7.20. The van der Waals surface area contributed by atoms with E-state index in [-0.39, 0.29) is 6.03 Å². The van der Waals surface area contributed by atoms with Crippen molar-refractivity contribution in [2.45, 2.75) is 37.8 Å². The van der Waals surface area contributed by atoms with Crippen molar-refractivity contribution < 1.29 is 4.79 Å². The predicted molar refractivity (Wildman–Crippen MR) is 114 cm³/mol. The fourth-order valence-corrected chi connectivity index (χ4v) is 5.49. The summed E-state index contributed by atoms with van der Waals surface area (Å²) in [6, 6.07) is 11.7. The summed E-state index contributed by atoms with van der Waals surface area (Å²) >= 11 is 2.07.